The maximum absolute atomic E-state index is 11.8. The number of esters is 1. The highest BCUT2D eigenvalue weighted by atomic mass is 16.5. The normalized spacial score (nSPS) is 10.1. The Morgan fingerprint density at radius 3 is 2.67 bits per heavy atom. The number of pyridine rings is 1. The number of carbonyl (C=O) groups excluding carboxylic acids is 1. The van der Waals surface area contributed by atoms with Gasteiger partial charge < -0.3 is 4.74 Å². The van der Waals surface area contributed by atoms with Crippen molar-refractivity contribution >= 4 is 5.97 Å². The van der Waals surface area contributed by atoms with Crippen molar-refractivity contribution in [2.45, 2.75) is 13.3 Å². The molecule has 3 nitrogen and oxygen atoms in total. The number of benzene rings is 1. The molecule has 0 N–H and O–H groups in total. The van der Waals surface area contributed by atoms with Crippen LogP contribution < -0.4 is 0 Å². The van der Waals surface area contributed by atoms with Crippen LogP contribution in [-0.4, -0.2) is 17.6 Å². The Bertz CT molecular complexity index is 523. The molecule has 0 saturated heterocycles. The summed E-state index contributed by atoms with van der Waals surface area (Å²) in [5, 5.41) is 0. The number of nitrogens with zero attached hydrogens (tertiary/aromatic N) is 1. The molecule has 0 atom stereocenters. The van der Waals surface area contributed by atoms with Crippen LogP contribution in [0.4, 0.5) is 0 Å². The van der Waals surface area contributed by atoms with E-state index in [0.717, 1.165) is 11.3 Å². The summed E-state index contributed by atoms with van der Waals surface area (Å²) in [5.41, 5.74) is 2.42. The van der Waals surface area contributed by atoms with E-state index >= 15 is 0 Å². The lowest BCUT2D eigenvalue weighted by Gasteiger charge is -2.07. The minimum absolute atomic E-state index is 0.309. The second-order valence-electron chi connectivity index (χ2n) is 3.88. The molecule has 0 unspecified atom stereocenters. The molecule has 0 aliphatic rings. The lowest BCUT2D eigenvalue weighted by atomic mass is 10.1. The molecule has 0 saturated carbocycles. The van der Waals surface area contributed by atoms with Crippen LogP contribution in [0.5, 0.6) is 0 Å². The first kappa shape index (κ1) is 12.3. The molecule has 0 aliphatic heterocycles. The fourth-order valence-electron chi connectivity index (χ4n) is 1.76. The molecule has 0 spiro atoms. The predicted molar refractivity (Wildman–Crippen MR) is 69.4 cm³/mol. The first-order valence-electron chi connectivity index (χ1n) is 5.96. The number of carbonyl (C=O) groups is 1. The summed E-state index contributed by atoms with van der Waals surface area (Å²) in [6.45, 7) is 2.17. The number of aromatic nitrogens is 1. The molecule has 0 amide bonds. The Kier molecular flexibility index (Phi) is 4.07. The number of hydrogen-bond acceptors (Lipinski definition) is 3. The third-order valence-electron chi connectivity index (χ3n) is 2.60. The van der Waals surface area contributed by atoms with Crippen molar-refractivity contribution < 1.29 is 9.53 Å². The van der Waals surface area contributed by atoms with Gasteiger partial charge in [-0.15, -0.1) is 0 Å². The molecular weight excluding hydrogens is 226 g/mol. The van der Waals surface area contributed by atoms with E-state index in [1.54, 1.807) is 25.3 Å². The van der Waals surface area contributed by atoms with Crippen LogP contribution in [0, 0.1) is 0 Å². The van der Waals surface area contributed by atoms with Crippen molar-refractivity contribution in [1.82, 2.24) is 4.98 Å². The topological polar surface area (TPSA) is 39.2 Å². The molecule has 1 heterocycles. The maximum Gasteiger partial charge on any atom is 0.339 e. The first-order valence-corrected chi connectivity index (χ1v) is 5.96. The average Bonchev–Trinajstić information content (AvgIpc) is 2.41. The van der Waals surface area contributed by atoms with E-state index in [2.05, 4.69) is 4.98 Å². The maximum atomic E-state index is 11.8. The number of ether oxygens (including phenoxy) is 1. The van der Waals surface area contributed by atoms with Crippen LogP contribution in [0.1, 0.15) is 28.5 Å². The van der Waals surface area contributed by atoms with Gasteiger partial charge in [0.1, 0.15) is 0 Å². The second kappa shape index (κ2) is 5.96. The van der Waals surface area contributed by atoms with Gasteiger partial charge in [-0.1, -0.05) is 30.3 Å². The van der Waals surface area contributed by atoms with Crippen LogP contribution in [-0.2, 0) is 11.2 Å². The molecule has 0 aliphatic carbocycles. The van der Waals surface area contributed by atoms with Crippen molar-refractivity contribution in [3.05, 3.63) is 65.5 Å². The van der Waals surface area contributed by atoms with Crippen LogP contribution in [0.2, 0.25) is 0 Å². The summed E-state index contributed by atoms with van der Waals surface area (Å²) in [7, 11) is 0. The molecule has 0 bridgehead atoms. The average molecular weight is 241 g/mol. The van der Waals surface area contributed by atoms with Gasteiger partial charge in [0.05, 0.1) is 17.9 Å². The molecule has 3 heteroatoms. The third-order valence-corrected chi connectivity index (χ3v) is 2.60. The minimum Gasteiger partial charge on any atom is -0.462 e. The van der Waals surface area contributed by atoms with Crippen molar-refractivity contribution in [2.24, 2.45) is 0 Å². The summed E-state index contributed by atoms with van der Waals surface area (Å²) < 4.78 is 5.03. The molecule has 1 aromatic heterocycles. The highest BCUT2D eigenvalue weighted by Gasteiger charge is 2.13. The first-order chi connectivity index (χ1) is 8.81. The Hall–Kier alpha value is -2.16. The van der Waals surface area contributed by atoms with Crippen LogP contribution in [0.3, 0.4) is 0 Å². The van der Waals surface area contributed by atoms with Crippen molar-refractivity contribution in [1.29, 1.82) is 0 Å². The lowest BCUT2D eigenvalue weighted by Crippen LogP contribution is -2.09. The standard InChI is InChI=1S/C15H15NO2/c1-2-18-15(17)13-9-6-10-16-14(13)11-12-7-4-3-5-8-12/h3-10H,2,11H2,1H3. The van der Waals surface area contributed by atoms with Crippen molar-refractivity contribution in [3.63, 3.8) is 0 Å². The quantitative estimate of drug-likeness (QED) is 0.773. The smallest absolute Gasteiger partial charge is 0.339 e. The molecule has 2 aromatic rings. The molecule has 18 heavy (non-hydrogen) atoms. The summed E-state index contributed by atoms with van der Waals surface area (Å²) in [4.78, 5) is 16.1. The fraction of sp³-hybridized carbons (Fsp3) is 0.200. The van der Waals surface area contributed by atoms with Gasteiger partial charge in [0.2, 0.25) is 0 Å². The summed E-state index contributed by atoms with van der Waals surface area (Å²) in [6.07, 6.45) is 2.33. The van der Waals surface area contributed by atoms with Crippen LogP contribution in [0.25, 0.3) is 0 Å². The van der Waals surface area contributed by atoms with Gasteiger partial charge in [0.15, 0.2) is 0 Å². The number of hydrogen-bond donors (Lipinski definition) is 0. The minimum atomic E-state index is -0.309. The van der Waals surface area contributed by atoms with E-state index in [-0.39, 0.29) is 5.97 Å². The molecule has 92 valence electrons. The summed E-state index contributed by atoms with van der Waals surface area (Å²) in [5.74, 6) is -0.309. The SMILES string of the molecule is CCOC(=O)c1cccnc1Cc1ccccc1. The van der Waals surface area contributed by atoms with Gasteiger partial charge in [0, 0.05) is 12.6 Å². The monoisotopic (exact) mass is 241 g/mol. The van der Waals surface area contributed by atoms with Gasteiger partial charge in [-0.05, 0) is 24.6 Å². The molecule has 2 rings (SSSR count). The number of rotatable bonds is 4. The summed E-state index contributed by atoms with van der Waals surface area (Å²) >= 11 is 0. The molecule has 1 aromatic carbocycles. The lowest BCUT2D eigenvalue weighted by molar-refractivity contribution is 0.0524. The van der Waals surface area contributed by atoms with E-state index in [0.29, 0.717) is 18.6 Å². The van der Waals surface area contributed by atoms with Gasteiger partial charge >= 0.3 is 5.97 Å². The largest absolute Gasteiger partial charge is 0.462 e. The van der Waals surface area contributed by atoms with Crippen LogP contribution in [0.15, 0.2) is 48.7 Å². The Morgan fingerprint density at radius 1 is 1.17 bits per heavy atom. The predicted octanol–water partition coefficient (Wildman–Crippen LogP) is 2.85. The zero-order valence-corrected chi connectivity index (χ0v) is 10.3. The zero-order valence-electron chi connectivity index (χ0n) is 10.3. The van der Waals surface area contributed by atoms with Crippen molar-refractivity contribution in [2.75, 3.05) is 6.61 Å². The highest BCUT2D eigenvalue weighted by Crippen LogP contribution is 2.12. The van der Waals surface area contributed by atoms with E-state index in [4.69, 9.17) is 4.74 Å². The zero-order chi connectivity index (χ0) is 12.8. The van der Waals surface area contributed by atoms with E-state index in [1.165, 1.54) is 0 Å². The second-order valence-corrected chi connectivity index (χ2v) is 3.88. The van der Waals surface area contributed by atoms with Crippen molar-refractivity contribution in [3.8, 4) is 0 Å². The third kappa shape index (κ3) is 2.94. The van der Waals surface area contributed by atoms with E-state index in [1.807, 2.05) is 30.3 Å². The molecular formula is C15H15NO2. The summed E-state index contributed by atoms with van der Waals surface area (Å²) in [6, 6.07) is 13.5. The Labute approximate surface area is 106 Å². The van der Waals surface area contributed by atoms with Gasteiger partial charge in [0.25, 0.3) is 0 Å². The Morgan fingerprint density at radius 2 is 1.94 bits per heavy atom. The fourth-order valence-corrected chi connectivity index (χ4v) is 1.76. The van der Waals surface area contributed by atoms with Gasteiger partial charge in [-0.3, -0.25) is 4.98 Å². The van der Waals surface area contributed by atoms with Crippen LogP contribution >= 0.6 is 0 Å². The molecule has 0 fully saturated rings. The highest BCUT2D eigenvalue weighted by molar-refractivity contribution is 5.90. The van der Waals surface area contributed by atoms with Gasteiger partial charge in [-0.2, -0.15) is 0 Å². The molecule has 0 radical (unpaired) electrons. The van der Waals surface area contributed by atoms with E-state index < -0.39 is 0 Å². The Balaban J connectivity index is 2.25. The van der Waals surface area contributed by atoms with E-state index in [9.17, 15) is 4.79 Å². The van der Waals surface area contributed by atoms with Gasteiger partial charge in [-0.25, -0.2) is 4.79 Å².